The van der Waals surface area contributed by atoms with Crippen molar-refractivity contribution >= 4 is 5.91 Å². The average molecular weight is 282 g/mol. The Labute approximate surface area is 126 Å². The number of benzene rings is 1. The molecule has 0 spiro atoms. The summed E-state index contributed by atoms with van der Waals surface area (Å²) in [5.74, 6) is 6.71. The molecule has 0 unspecified atom stereocenters. The van der Waals surface area contributed by atoms with Gasteiger partial charge in [-0.1, -0.05) is 11.8 Å². The van der Waals surface area contributed by atoms with Gasteiger partial charge in [-0.25, -0.2) is 0 Å². The maximum Gasteiger partial charge on any atom is 0.251 e. The molecule has 0 heterocycles. The van der Waals surface area contributed by atoms with E-state index in [2.05, 4.69) is 17.2 Å². The highest BCUT2D eigenvalue weighted by Crippen LogP contribution is 2.60. The molecule has 3 heteroatoms. The van der Waals surface area contributed by atoms with Gasteiger partial charge in [0, 0.05) is 17.7 Å². The van der Waals surface area contributed by atoms with Gasteiger partial charge in [-0.15, -0.1) is 0 Å². The number of nitrogens with two attached hydrogens (primary N) is 1. The molecule has 2 aliphatic rings. The monoisotopic (exact) mass is 282 g/mol. The Morgan fingerprint density at radius 2 is 2.14 bits per heavy atom. The van der Waals surface area contributed by atoms with E-state index in [0.29, 0.717) is 17.5 Å². The molecule has 3 rings (SSSR count). The first-order valence-electron chi connectivity index (χ1n) is 7.72. The Hall–Kier alpha value is -1.79. The van der Waals surface area contributed by atoms with Crippen LogP contribution < -0.4 is 11.1 Å². The van der Waals surface area contributed by atoms with Gasteiger partial charge in [-0.2, -0.15) is 0 Å². The number of amides is 1. The summed E-state index contributed by atoms with van der Waals surface area (Å²) in [5.41, 5.74) is 8.43. The van der Waals surface area contributed by atoms with E-state index in [4.69, 9.17) is 5.73 Å². The molecule has 0 saturated heterocycles. The third kappa shape index (κ3) is 3.28. The van der Waals surface area contributed by atoms with Crippen LogP contribution in [-0.4, -0.2) is 19.0 Å². The molecule has 1 amide bonds. The van der Waals surface area contributed by atoms with Crippen LogP contribution in [0.3, 0.4) is 0 Å². The predicted octanol–water partition coefficient (Wildman–Crippen LogP) is 2.23. The topological polar surface area (TPSA) is 55.1 Å². The summed E-state index contributed by atoms with van der Waals surface area (Å²) >= 11 is 0. The van der Waals surface area contributed by atoms with Gasteiger partial charge >= 0.3 is 0 Å². The van der Waals surface area contributed by atoms with Crippen molar-refractivity contribution in [2.75, 3.05) is 13.1 Å². The van der Waals surface area contributed by atoms with E-state index in [1.807, 2.05) is 25.1 Å². The van der Waals surface area contributed by atoms with Gasteiger partial charge in [-0.05, 0) is 67.7 Å². The van der Waals surface area contributed by atoms with E-state index in [-0.39, 0.29) is 5.91 Å². The predicted molar refractivity (Wildman–Crippen MR) is 83.8 cm³/mol. The van der Waals surface area contributed by atoms with Crippen LogP contribution in [0.1, 0.15) is 47.2 Å². The second kappa shape index (κ2) is 5.54. The molecule has 0 aliphatic heterocycles. The van der Waals surface area contributed by atoms with Gasteiger partial charge in [0.25, 0.3) is 5.91 Å². The highest BCUT2D eigenvalue weighted by atomic mass is 16.1. The number of carbonyl (C=O) groups is 1. The van der Waals surface area contributed by atoms with Gasteiger partial charge in [-0.3, -0.25) is 4.79 Å². The summed E-state index contributed by atoms with van der Waals surface area (Å²) in [4.78, 5) is 12.4. The normalized spacial score (nSPS) is 18.6. The smallest absolute Gasteiger partial charge is 0.251 e. The lowest BCUT2D eigenvalue weighted by Gasteiger charge is -2.15. The molecule has 1 aromatic carbocycles. The maximum atomic E-state index is 12.4. The van der Waals surface area contributed by atoms with Crippen LogP contribution in [-0.2, 0) is 0 Å². The van der Waals surface area contributed by atoms with E-state index in [0.717, 1.165) is 23.6 Å². The van der Waals surface area contributed by atoms with Gasteiger partial charge in [0.1, 0.15) is 0 Å². The fourth-order valence-corrected chi connectivity index (χ4v) is 3.08. The molecule has 0 bridgehead atoms. The molecule has 1 aromatic rings. The first kappa shape index (κ1) is 14.2. The number of aryl methyl sites for hydroxylation is 1. The largest absolute Gasteiger partial charge is 0.351 e. The van der Waals surface area contributed by atoms with E-state index >= 15 is 0 Å². The molecule has 2 fully saturated rings. The fraction of sp³-hybridized carbons (Fsp3) is 0.500. The van der Waals surface area contributed by atoms with Crippen LogP contribution in [0.25, 0.3) is 0 Å². The summed E-state index contributed by atoms with van der Waals surface area (Å²) in [6, 6.07) is 5.74. The Morgan fingerprint density at radius 1 is 1.38 bits per heavy atom. The van der Waals surface area contributed by atoms with E-state index in [1.165, 1.54) is 25.7 Å². The highest BCUT2D eigenvalue weighted by Gasteiger charge is 2.53. The van der Waals surface area contributed by atoms with Crippen LogP contribution >= 0.6 is 0 Å². The van der Waals surface area contributed by atoms with Crippen LogP contribution in [0, 0.1) is 30.1 Å². The standard InChI is InChI=1S/C18H22N2O/c1-13-9-14(3-2-8-19)11-15(10-13)17(21)20-12-18(6-7-18)16-4-5-16/h9-11,16H,4-8,12,19H2,1H3,(H,20,21). The van der Waals surface area contributed by atoms with Crippen molar-refractivity contribution in [2.24, 2.45) is 17.1 Å². The number of hydrogen-bond donors (Lipinski definition) is 2. The van der Waals surface area contributed by atoms with Gasteiger partial charge < -0.3 is 11.1 Å². The minimum Gasteiger partial charge on any atom is -0.351 e. The van der Waals surface area contributed by atoms with Gasteiger partial charge in [0.2, 0.25) is 0 Å². The van der Waals surface area contributed by atoms with E-state index < -0.39 is 0 Å². The third-order valence-corrected chi connectivity index (χ3v) is 4.61. The summed E-state index contributed by atoms with van der Waals surface area (Å²) < 4.78 is 0. The quantitative estimate of drug-likeness (QED) is 0.832. The maximum absolute atomic E-state index is 12.4. The van der Waals surface area contributed by atoms with Crippen molar-refractivity contribution in [1.82, 2.24) is 5.32 Å². The Kier molecular flexibility index (Phi) is 3.73. The molecule has 0 radical (unpaired) electrons. The highest BCUT2D eigenvalue weighted by molar-refractivity contribution is 5.94. The zero-order chi connectivity index (χ0) is 14.9. The second-order valence-corrected chi connectivity index (χ2v) is 6.41. The molecular weight excluding hydrogens is 260 g/mol. The summed E-state index contributed by atoms with van der Waals surface area (Å²) in [7, 11) is 0. The first-order chi connectivity index (χ1) is 10.1. The lowest BCUT2D eigenvalue weighted by molar-refractivity contribution is 0.0942. The second-order valence-electron chi connectivity index (χ2n) is 6.41. The lowest BCUT2D eigenvalue weighted by Crippen LogP contribution is -2.31. The number of rotatable bonds is 4. The lowest BCUT2D eigenvalue weighted by atomic mass is 10.0. The van der Waals surface area contributed by atoms with Crippen LogP contribution in [0.2, 0.25) is 0 Å². The molecule has 2 aliphatic carbocycles. The molecule has 3 nitrogen and oxygen atoms in total. The molecule has 21 heavy (non-hydrogen) atoms. The number of carbonyl (C=O) groups excluding carboxylic acids is 1. The Balaban J connectivity index is 1.67. The third-order valence-electron chi connectivity index (χ3n) is 4.61. The zero-order valence-electron chi connectivity index (χ0n) is 12.5. The minimum atomic E-state index is 0.0152. The van der Waals surface area contributed by atoms with Crippen LogP contribution in [0.5, 0.6) is 0 Å². The Bertz CT molecular complexity index is 616. The van der Waals surface area contributed by atoms with E-state index in [1.54, 1.807) is 0 Å². The fourth-order valence-electron chi connectivity index (χ4n) is 3.08. The minimum absolute atomic E-state index is 0.0152. The SMILES string of the molecule is Cc1cc(C#CCN)cc(C(=O)NCC2(C3CC3)CC2)c1. The molecule has 0 atom stereocenters. The van der Waals surface area contributed by atoms with Crippen molar-refractivity contribution in [3.63, 3.8) is 0 Å². The molecule has 0 aromatic heterocycles. The Morgan fingerprint density at radius 3 is 2.76 bits per heavy atom. The summed E-state index contributed by atoms with van der Waals surface area (Å²) in [6.07, 6.45) is 5.25. The molecule has 3 N–H and O–H groups in total. The van der Waals surface area contributed by atoms with Gasteiger partial charge in [0.05, 0.1) is 6.54 Å². The van der Waals surface area contributed by atoms with Crippen LogP contribution in [0.15, 0.2) is 18.2 Å². The van der Waals surface area contributed by atoms with Crippen molar-refractivity contribution in [3.8, 4) is 11.8 Å². The zero-order valence-corrected chi connectivity index (χ0v) is 12.5. The van der Waals surface area contributed by atoms with Gasteiger partial charge in [0.15, 0.2) is 0 Å². The van der Waals surface area contributed by atoms with Crippen molar-refractivity contribution in [3.05, 3.63) is 34.9 Å². The number of hydrogen-bond acceptors (Lipinski definition) is 2. The molecular formula is C18H22N2O. The van der Waals surface area contributed by atoms with Crippen molar-refractivity contribution in [2.45, 2.75) is 32.6 Å². The van der Waals surface area contributed by atoms with Crippen molar-refractivity contribution in [1.29, 1.82) is 0 Å². The van der Waals surface area contributed by atoms with E-state index in [9.17, 15) is 4.79 Å². The average Bonchev–Trinajstić information content (AvgIpc) is 3.34. The first-order valence-corrected chi connectivity index (χ1v) is 7.72. The summed E-state index contributed by atoms with van der Waals surface area (Å²) in [5, 5.41) is 3.12. The molecule has 2 saturated carbocycles. The molecule has 110 valence electrons. The van der Waals surface area contributed by atoms with Crippen LogP contribution in [0.4, 0.5) is 0 Å². The number of nitrogens with one attached hydrogen (secondary N) is 1. The van der Waals surface area contributed by atoms with Crippen molar-refractivity contribution < 1.29 is 4.79 Å². The summed E-state index contributed by atoms with van der Waals surface area (Å²) in [6.45, 7) is 3.14.